The molecule has 1 saturated carbocycles. The van der Waals surface area contributed by atoms with Gasteiger partial charge in [-0.25, -0.2) is 9.97 Å². The Kier molecular flexibility index (Phi) is 4.19. The van der Waals surface area contributed by atoms with Crippen LogP contribution in [0.3, 0.4) is 0 Å². The van der Waals surface area contributed by atoms with E-state index < -0.39 is 0 Å². The standard InChI is InChI=1S/C14H13BrClN3O/c15-10-1-4-12(16)13(5-10)20-14-18-7-9(8-19-14)6-17-11-2-3-11/h1,4-5,7-8,11,17H,2-3,6H2. The first kappa shape index (κ1) is 13.8. The fraction of sp³-hybridized carbons (Fsp3) is 0.286. The van der Waals surface area contributed by atoms with Gasteiger partial charge in [0.25, 0.3) is 0 Å². The summed E-state index contributed by atoms with van der Waals surface area (Å²) in [5, 5.41) is 3.93. The van der Waals surface area contributed by atoms with E-state index in [1.54, 1.807) is 24.5 Å². The number of benzene rings is 1. The zero-order chi connectivity index (χ0) is 13.9. The smallest absolute Gasteiger partial charge is 0.321 e. The molecule has 0 aliphatic heterocycles. The van der Waals surface area contributed by atoms with Crippen LogP contribution in [0.2, 0.25) is 5.02 Å². The molecule has 6 heteroatoms. The topological polar surface area (TPSA) is 47.0 Å². The lowest BCUT2D eigenvalue weighted by Crippen LogP contribution is -2.15. The first-order chi connectivity index (χ1) is 9.70. The molecule has 20 heavy (non-hydrogen) atoms. The highest BCUT2D eigenvalue weighted by atomic mass is 79.9. The highest BCUT2D eigenvalue weighted by Crippen LogP contribution is 2.30. The van der Waals surface area contributed by atoms with Crippen LogP contribution in [0.25, 0.3) is 0 Å². The predicted molar refractivity (Wildman–Crippen MR) is 81.1 cm³/mol. The fourth-order valence-electron chi connectivity index (χ4n) is 1.69. The van der Waals surface area contributed by atoms with Crippen LogP contribution in [-0.2, 0) is 6.54 Å². The van der Waals surface area contributed by atoms with Crippen LogP contribution in [0.4, 0.5) is 0 Å². The molecule has 4 nitrogen and oxygen atoms in total. The molecule has 0 unspecified atom stereocenters. The summed E-state index contributed by atoms with van der Waals surface area (Å²) < 4.78 is 6.47. The van der Waals surface area contributed by atoms with E-state index >= 15 is 0 Å². The number of nitrogens with zero attached hydrogens (tertiary/aromatic N) is 2. The van der Waals surface area contributed by atoms with E-state index in [1.807, 2.05) is 6.07 Å². The molecule has 1 fully saturated rings. The van der Waals surface area contributed by atoms with Crippen molar-refractivity contribution in [2.45, 2.75) is 25.4 Å². The van der Waals surface area contributed by atoms with Crippen LogP contribution in [0.15, 0.2) is 35.1 Å². The average molecular weight is 355 g/mol. The number of aromatic nitrogens is 2. The van der Waals surface area contributed by atoms with Crippen LogP contribution in [0, 0.1) is 0 Å². The van der Waals surface area contributed by atoms with Crippen molar-refractivity contribution in [2.75, 3.05) is 0 Å². The maximum absolute atomic E-state index is 6.06. The van der Waals surface area contributed by atoms with E-state index in [-0.39, 0.29) is 0 Å². The highest BCUT2D eigenvalue weighted by molar-refractivity contribution is 9.10. The molecule has 1 aliphatic rings. The summed E-state index contributed by atoms with van der Waals surface area (Å²) in [6, 6.07) is 6.36. The summed E-state index contributed by atoms with van der Waals surface area (Å²) in [5.74, 6) is 0.532. The lowest BCUT2D eigenvalue weighted by Gasteiger charge is -2.07. The molecule has 2 aromatic rings. The fourth-order valence-corrected chi connectivity index (χ4v) is 2.19. The van der Waals surface area contributed by atoms with Crippen molar-refractivity contribution in [1.29, 1.82) is 0 Å². The zero-order valence-electron chi connectivity index (χ0n) is 10.6. The van der Waals surface area contributed by atoms with Crippen LogP contribution >= 0.6 is 27.5 Å². The number of hydrogen-bond acceptors (Lipinski definition) is 4. The second-order valence-corrected chi connectivity index (χ2v) is 6.03. The lowest BCUT2D eigenvalue weighted by atomic mass is 10.3. The maximum atomic E-state index is 6.06. The number of rotatable bonds is 5. The van der Waals surface area contributed by atoms with Crippen molar-refractivity contribution in [1.82, 2.24) is 15.3 Å². The molecule has 0 bridgehead atoms. The Morgan fingerprint density at radius 3 is 2.75 bits per heavy atom. The Balaban J connectivity index is 1.66. The van der Waals surface area contributed by atoms with E-state index in [1.165, 1.54) is 12.8 Å². The monoisotopic (exact) mass is 353 g/mol. The molecule has 1 aromatic carbocycles. The summed E-state index contributed by atoms with van der Waals surface area (Å²) in [6.45, 7) is 0.794. The zero-order valence-corrected chi connectivity index (χ0v) is 13.0. The predicted octanol–water partition coefficient (Wildman–Crippen LogP) is 3.94. The molecule has 0 amide bonds. The van der Waals surface area contributed by atoms with Gasteiger partial charge in [0.15, 0.2) is 5.75 Å². The summed E-state index contributed by atoms with van der Waals surface area (Å²) >= 11 is 9.43. The van der Waals surface area contributed by atoms with Gasteiger partial charge in [0.05, 0.1) is 5.02 Å². The Morgan fingerprint density at radius 2 is 2.05 bits per heavy atom. The van der Waals surface area contributed by atoms with Gasteiger partial charge in [0.1, 0.15) is 0 Å². The molecule has 3 rings (SSSR count). The summed E-state index contributed by atoms with van der Waals surface area (Å²) in [6.07, 6.45) is 6.07. The van der Waals surface area contributed by atoms with Gasteiger partial charge in [-0.3, -0.25) is 0 Å². The van der Waals surface area contributed by atoms with Crippen LogP contribution in [0.5, 0.6) is 11.8 Å². The SMILES string of the molecule is Clc1ccc(Br)cc1Oc1ncc(CNC2CC2)cn1. The Morgan fingerprint density at radius 1 is 1.30 bits per heavy atom. The normalized spacial score (nSPS) is 14.3. The molecular weight excluding hydrogens is 342 g/mol. The molecule has 1 N–H and O–H groups in total. The summed E-state index contributed by atoms with van der Waals surface area (Å²) in [4.78, 5) is 8.39. The lowest BCUT2D eigenvalue weighted by molar-refractivity contribution is 0.440. The molecule has 0 atom stereocenters. The van der Waals surface area contributed by atoms with Crippen molar-refractivity contribution in [3.05, 3.63) is 45.7 Å². The third-order valence-corrected chi connectivity index (χ3v) is 3.75. The Bertz CT molecular complexity index is 602. The molecule has 1 aromatic heterocycles. The molecular formula is C14H13BrClN3O. The third-order valence-electron chi connectivity index (χ3n) is 2.95. The van der Waals surface area contributed by atoms with E-state index in [9.17, 15) is 0 Å². The van der Waals surface area contributed by atoms with E-state index in [0.717, 1.165) is 16.6 Å². The van der Waals surface area contributed by atoms with Crippen LogP contribution in [-0.4, -0.2) is 16.0 Å². The van der Waals surface area contributed by atoms with Crippen molar-refractivity contribution in [3.63, 3.8) is 0 Å². The summed E-state index contributed by atoms with van der Waals surface area (Å²) in [7, 11) is 0. The number of halogens is 2. The van der Waals surface area contributed by atoms with E-state index in [2.05, 4.69) is 31.2 Å². The number of nitrogens with one attached hydrogen (secondary N) is 1. The largest absolute Gasteiger partial charge is 0.423 e. The van der Waals surface area contributed by atoms with Gasteiger partial charge < -0.3 is 10.1 Å². The van der Waals surface area contributed by atoms with Gasteiger partial charge in [-0.05, 0) is 31.0 Å². The highest BCUT2D eigenvalue weighted by Gasteiger charge is 2.20. The van der Waals surface area contributed by atoms with Gasteiger partial charge >= 0.3 is 6.01 Å². The maximum Gasteiger partial charge on any atom is 0.321 e. The third kappa shape index (κ3) is 3.69. The minimum absolute atomic E-state index is 0.292. The molecule has 104 valence electrons. The van der Waals surface area contributed by atoms with Crippen molar-refractivity contribution in [2.24, 2.45) is 0 Å². The van der Waals surface area contributed by atoms with Crippen LogP contribution in [0.1, 0.15) is 18.4 Å². The summed E-state index contributed by atoms with van der Waals surface area (Å²) in [5.41, 5.74) is 1.05. The van der Waals surface area contributed by atoms with E-state index in [0.29, 0.717) is 22.8 Å². The van der Waals surface area contributed by atoms with Crippen molar-refractivity contribution < 1.29 is 4.74 Å². The second kappa shape index (κ2) is 6.08. The van der Waals surface area contributed by atoms with Gasteiger partial charge in [0, 0.05) is 35.0 Å². The van der Waals surface area contributed by atoms with Gasteiger partial charge in [-0.1, -0.05) is 27.5 Å². The first-order valence-corrected chi connectivity index (χ1v) is 7.55. The molecule has 0 radical (unpaired) electrons. The quantitative estimate of drug-likeness (QED) is 0.883. The average Bonchev–Trinajstić information content (AvgIpc) is 3.26. The minimum Gasteiger partial charge on any atom is -0.423 e. The number of hydrogen-bond donors (Lipinski definition) is 1. The van der Waals surface area contributed by atoms with Gasteiger partial charge in [-0.2, -0.15) is 0 Å². The Hall–Kier alpha value is -1.17. The second-order valence-electron chi connectivity index (χ2n) is 4.71. The van der Waals surface area contributed by atoms with Crippen molar-refractivity contribution in [3.8, 4) is 11.8 Å². The molecule has 0 spiro atoms. The first-order valence-electron chi connectivity index (χ1n) is 6.38. The molecule has 1 heterocycles. The van der Waals surface area contributed by atoms with Gasteiger partial charge in [-0.15, -0.1) is 0 Å². The van der Waals surface area contributed by atoms with Crippen LogP contribution < -0.4 is 10.1 Å². The number of ether oxygens (including phenoxy) is 1. The Labute approximate surface area is 130 Å². The van der Waals surface area contributed by atoms with Crippen molar-refractivity contribution >= 4 is 27.5 Å². The minimum atomic E-state index is 0.292. The molecule has 1 aliphatic carbocycles. The van der Waals surface area contributed by atoms with E-state index in [4.69, 9.17) is 16.3 Å². The van der Waals surface area contributed by atoms with Gasteiger partial charge in [0.2, 0.25) is 0 Å². The molecule has 0 saturated heterocycles.